The molecule has 0 aromatic heterocycles. The number of piperazine rings is 1. The van der Waals surface area contributed by atoms with Gasteiger partial charge in [-0.05, 0) is 12.8 Å². The Hall–Kier alpha value is -0.910. The van der Waals surface area contributed by atoms with E-state index in [4.69, 9.17) is 0 Å². The fraction of sp³-hybridized carbons (Fsp3) is 0.833. The van der Waals surface area contributed by atoms with Crippen molar-refractivity contribution >= 4 is 22.6 Å². The molecule has 18 heavy (non-hydrogen) atoms. The Morgan fingerprint density at radius 1 is 1.28 bits per heavy atom. The number of hydrogen-bond donors (Lipinski definition) is 1. The second-order valence-electron chi connectivity index (χ2n) is 5.19. The van der Waals surface area contributed by atoms with E-state index in [1.165, 1.54) is 0 Å². The molecule has 0 radical (unpaired) electrons. The van der Waals surface area contributed by atoms with Crippen molar-refractivity contribution in [3.63, 3.8) is 0 Å². The minimum Gasteiger partial charge on any atom is -0.340 e. The topological polar surface area (TPSA) is 66.5 Å². The van der Waals surface area contributed by atoms with Crippen LogP contribution in [-0.4, -0.2) is 51.6 Å². The third kappa shape index (κ3) is 2.74. The van der Waals surface area contributed by atoms with Crippen molar-refractivity contribution in [3.05, 3.63) is 0 Å². The molecule has 1 spiro atoms. The van der Waals surface area contributed by atoms with E-state index in [-0.39, 0.29) is 18.4 Å². The van der Waals surface area contributed by atoms with Gasteiger partial charge in [0, 0.05) is 29.4 Å². The molecule has 1 saturated carbocycles. The van der Waals surface area contributed by atoms with Crippen LogP contribution in [0.2, 0.25) is 0 Å². The summed E-state index contributed by atoms with van der Waals surface area (Å²) in [5.74, 6) is 0.375. The molecule has 102 valence electrons. The summed E-state index contributed by atoms with van der Waals surface area (Å²) in [6.07, 6.45) is 6.19. The second kappa shape index (κ2) is 5.38. The SMILES string of the molecule is CS(=O)CCN1CC(=O)NC2(CCCCC2)C1=O. The number of carbonyl (C=O) groups excluding carboxylic acids is 2. The lowest BCUT2D eigenvalue weighted by molar-refractivity contribution is -0.151. The van der Waals surface area contributed by atoms with Gasteiger partial charge in [0.1, 0.15) is 5.54 Å². The van der Waals surface area contributed by atoms with Crippen molar-refractivity contribution in [1.82, 2.24) is 10.2 Å². The van der Waals surface area contributed by atoms with Crippen LogP contribution in [0.15, 0.2) is 0 Å². The first kappa shape index (κ1) is 13.5. The molecule has 1 N–H and O–H groups in total. The fourth-order valence-corrected chi connectivity index (χ4v) is 3.30. The van der Waals surface area contributed by atoms with Crippen molar-refractivity contribution in [2.75, 3.05) is 25.1 Å². The van der Waals surface area contributed by atoms with Gasteiger partial charge in [0.2, 0.25) is 11.8 Å². The normalized spacial score (nSPS) is 25.1. The summed E-state index contributed by atoms with van der Waals surface area (Å²) in [7, 11) is -0.936. The van der Waals surface area contributed by atoms with Crippen molar-refractivity contribution in [2.24, 2.45) is 0 Å². The highest BCUT2D eigenvalue weighted by Crippen LogP contribution is 2.31. The number of rotatable bonds is 3. The van der Waals surface area contributed by atoms with Crippen molar-refractivity contribution in [1.29, 1.82) is 0 Å². The molecule has 0 aromatic carbocycles. The average Bonchev–Trinajstić information content (AvgIpc) is 2.33. The van der Waals surface area contributed by atoms with Gasteiger partial charge in [-0.3, -0.25) is 13.8 Å². The summed E-state index contributed by atoms with van der Waals surface area (Å²) >= 11 is 0. The molecule has 2 aliphatic rings. The molecule has 6 heteroatoms. The lowest BCUT2D eigenvalue weighted by Gasteiger charge is -2.44. The Morgan fingerprint density at radius 3 is 2.56 bits per heavy atom. The summed E-state index contributed by atoms with van der Waals surface area (Å²) in [4.78, 5) is 25.8. The lowest BCUT2D eigenvalue weighted by atomic mass is 9.79. The number of nitrogens with one attached hydrogen (secondary N) is 1. The lowest BCUT2D eigenvalue weighted by Crippen LogP contribution is -2.67. The summed E-state index contributed by atoms with van der Waals surface area (Å²) in [6, 6.07) is 0. The molecule has 1 aliphatic carbocycles. The zero-order chi connectivity index (χ0) is 13.2. The van der Waals surface area contributed by atoms with Gasteiger partial charge >= 0.3 is 0 Å². The van der Waals surface area contributed by atoms with Gasteiger partial charge in [-0.25, -0.2) is 0 Å². The molecule has 1 aliphatic heterocycles. The third-order valence-corrected chi connectivity index (χ3v) is 4.52. The van der Waals surface area contributed by atoms with E-state index in [2.05, 4.69) is 5.32 Å². The molecular formula is C12H20N2O3S. The van der Waals surface area contributed by atoms with Crippen molar-refractivity contribution in [2.45, 2.75) is 37.6 Å². The Balaban J connectivity index is 2.09. The van der Waals surface area contributed by atoms with E-state index >= 15 is 0 Å². The first-order valence-electron chi connectivity index (χ1n) is 6.44. The van der Waals surface area contributed by atoms with Gasteiger partial charge in [-0.2, -0.15) is 0 Å². The molecule has 1 heterocycles. The molecule has 2 rings (SSSR count). The van der Waals surface area contributed by atoms with Crippen molar-refractivity contribution < 1.29 is 13.8 Å². The predicted octanol–water partition coefficient (Wildman–Crippen LogP) is 0.0262. The van der Waals surface area contributed by atoms with Gasteiger partial charge in [-0.1, -0.05) is 19.3 Å². The summed E-state index contributed by atoms with van der Waals surface area (Å²) < 4.78 is 11.1. The Labute approximate surface area is 110 Å². The zero-order valence-corrected chi connectivity index (χ0v) is 11.6. The fourth-order valence-electron chi connectivity index (χ4n) is 2.82. The van der Waals surface area contributed by atoms with Crippen LogP contribution in [0, 0.1) is 0 Å². The maximum Gasteiger partial charge on any atom is 0.248 e. The van der Waals surface area contributed by atoms with Crippen LogP contribution in [0.25, 0.3) is 0 Å². The molecule has 0 aromatic rings. The van der Waals surface area contributed by atoms with Gasteiger partial charge in [0.05, 0.1) is 6.54 Å². The summed E-state index contributed by atoms with van der Waals surface area (Å²) in [5.41, 5.74) is -0.664. The molecular weight excluding hydrogens is 252 g/mol. The Bertz CT molecular complexity index is 378. The van der Waals surface area contributed by atoms with Gasteiger partial charge < -0.3 is 10.2 Å². The van der Waals surface area contributed by atoms with E-state index in [0.29, 0.717) is 12.3 Å². The first-order chi connectivity index (χ1) is 8.53. The second-order valence-corrected chi connectivity index (χ2v) is 6.75. The Morgan fingerprint density at radius 2 is 1.94 bits per heavy atom. The molecule has 5 nitrogen and oxygen atoms in total. The molecule has 1 saturated heterocycles. The number of carbonyl (C=O) groups is 2. The van der Waals surface area contributed by atoms with Crippen LogP contribution in [0.1, 0.15) is 32.1 Å². The summed E-state index contributed by atoms with van der Waals surface area (Å²) in [5, 5.41) is 2.89. The molecule has 0 bridgehead atoms. The molecule has 2 amide bonds. The monoisotopic (exact) mass is 272 g/mol. The minimum absolute atomic E-state index is 0.0206. The zero-order valence-electron chi connectivity index (χ0n) is 10.7. The van der Waals surface area contributed by atoms with E-state index in [9.17, 15) is 13.8 Å². The highest BCUT2D eigenvalue weighted by Gasteiger charge is 2.46. The van der Waals surface area contributed by atoms with Crippen LogP contribution < -0.4 is 5.32 Å². The van der Waals surface area contributed by atoms with E-state index in [1.54, 1.807) is 11.2 Å². The van der Waals surface area contributed by atoms with E-state index in [1.807, 2.05) is 0 Å². The molecule has 1 atom stereocenters. The van der Waals surface area contributed by atoms with Gasteiger partial charge in [0.25, 0.3) is 0 Å². The highest BCUT2D eigenvalue weighted by atomic mass is 32.2. The average molecular weight is 272 g/mol. The van der Waals surface area contributed by atoms with Crippen LogP contribution in [0.3, 0.4) is 0 Å². The van der Waals surface area contributed by atoms with Crippen LogP contribution in [-0.2, 0) is 20.4 Å². The predicted molar refractivity (Wildman–Crippen MR) is 69.5 cm³/mol. The largest absolute Gasteiger partial charge is 0.340 e. The third-order valence-electron chi connectivity index (χ3n) is 3.77. The maximum absolute atomic E-state index is 12.5. The number of hydrogen-bond acceptors (Lipinski definition) is 3. The molecule has 1 unspecified atom stereocenters. The Kier molecular flexibility index (Phi) is 4.04. The standard InChI is InChI=1S/C12H20N2O3S/c1-18(17)8-7-14-9-10(15)13-12(11(14)16)5-3-2-4-6-12/h2-9H2,1H3,(H,13,15). The van der Waals surface area contributed by atoms with E-state index < -0.39 is 16.3 Å². The van der Waals surface area contributed by atoms with E-state index in [0.717, 1.165) is 32.1 Å². The summed E-state index contributed by atoms with van der Waals surface area (Å²) in [6.45, 7) is 0.523. The quantitative estimate of drug-likeness (QED) is 0.788. The van der Waals surface area contributed by atoms with Crippen LogP contribution in [0.4, 0.5) is 0 Å². The van der Waals surface area contributed by atoms with Crippen LogP contribution in [0.5, 0.6) is 0 Å². The van der Waals surface area contributed by atoms with Gasteiger partial charge in [-0.15, -0.1) is 0 Å². The van der Waals surface area contributed by atoms with Crippen molar-refractivity contribution in [3.8, 4) is 0 Å². The number of amides is 2. The van der Waals surface area contributed by atoms with Crippen LogP contribution >= 0.6 is 0 Å². The highest BCUT2D eigenvalue weighted by molar-refractivity contribution is 7.84. The minimum atomic E-state index is -0.936. The maximum atomic E-state index is 12.5. The smallest absolute Gasteiger partial charge is 0.248 e. The molecule has 2 fully saturated rings. The van der Waals surface area contributed by atoms with Gasteiger partial charge in [0.15, 0.2) is 0 Å². The number of nitrogens with zero attached hydrogens (tertiary/aromatic N) is 1. The first-order valence-corrected chi connectivity index (χ1v) is 8.17.